The molecule has 32 heavy (non-hydrogen) atoms. The Bertz CT molecular complexity index is 1020. The SMILES string of the molecule is CC(C#N)C(=O)NCc1ccc(CN2CCc3cc(OCC4CC4(F)F)ccc3C2)cc1. The van der Waals surface area contributed by atoms with Crippen LogP contribution in [0.1, 0.15) is 35.6 Å². The van der Waals surface area contributed by atoms with Crippen LogP contribution in [0.5, 0.6) is 5.75 Å². The van der Waals surface area contributed by atoms with Crippen molar-refractivity contribution in [1.82, 2.24) is 10.2 Å². The first kappa shape index (κ1) is 22.2. The molecule has 1 fully saturated rings. The van der Waals surface area contributed by atoms with E-state index < -0.39 is 17.8 Å². The first-order chi connectivity index (χ1) is 15.3. The fourth-order valence-electron chi connectivity index (χ4n) is 3.88. The summed E-state index contributed by atoms with van der Waals surface area (Å²) in [5.74, 6) is -3.43. The zero-order valence-electron chi connectivity index (χ0n) is 18.1. The monoisotopic (exact) mass is 439 g/mol. The van der Waals surface area contributed by atoms with Crippen molar-refractivity contribution in [2.24, 2.45) is 11.8 Å². The topological polar surface area (TPSA) is 65.4 Å². The minimum absolute atomic E-state index is 0.0666. The summed E-state index contributed by atoms with van der Waals surface area (Å²) >= 11 is 0. The first-order valence-electron chi connectivity index (χ1n) is 10.9. The molecule has 0 saturated heterocycles. The quantitative estimate of drug-likeness (QED) is 0.674. The molecule has 1 saturated carbocycles. The van der Waals surface area contributed by atoms with Crippen molar-refractivity contribution >= 4 is 5.91 Å². The molecule has 0 bridgehead atoms. The summed E-state index contributed by atoms with van der Waals surface area (Å²) in [6.07, 6.45) is 0.830. The van der Waals surface area contributed by atoms with Gasteiger partial charge in [-0.1, -0.05) is 30.3 Å². The van der Waals surface area contributed by atoms with Crippen molar-refractivity contribution in [3.63, 3.8) is 0 Å². The molecule has 1 N–H and O–H groups in total. The number of ether oxygens (including phenoxy) is 1. The number of alkyl halides is 2. The molecular weight excluding hydrogens is 412 g/mol. The lowest BCUT2D eigenvalue weighted by Gasteiger charge is -2.29. The van der Waals surface area contributed by atoms with Crippen molar-refractivity contribution < 1.29 is 18.3 Å². The second-order valence-electron chi connectivity index (χ2n) is 8.75. The summed E-state index contributed by atoms with van der Waals surface area (Å²) < 4.78 is 31.6. The Morgan fingerprint density at radius 2 is 1.97 bits per heavy atom. The number of amides is 1. The number of nitriles is 1. The average molecular weight is 440 g/mol. The van der Waals surface area contributed by atoms with Crippen molar-refractivity contribution in [3.05, 3.63) is 64.7 Å². The standard InChI is InChI=1S/C25H27F2N3O2/c1-17(12-28)24(31)29-13-18-2-4-19(5-3-18)14-30-9-8-20-10-23(7-6-21(20)15-30)32-16-22-11-25(22,26)27/h2-7,10,17,22H,8-9,11,13-16H2,1H3,(H,29,31). The van der Waals surface area contributed by atoms with Gasteiger partial charge in [-0.3, -0.25) is 9.69 Å². The molecule has 4 rings (SSSR count). The van der Waals surface area contributed by atoms with Crippen molar-refractivity contribution in [3.8, 4) is 11.8 Å². The Labute approximate surface area is 187 Å². The number of fused-ring (bicyclic) bond motifs is 1. The van der Waals surface area contributed by atoms with Crippen LogP contribution < -0.4 is 10.1 Å². The molecule has 0 radical (unpaired) electrons. The second-order valence-corrected chi connectivity index (χ2v) is 8.75. The fraction of sp³-hybridized carbons (Fsp3) is 0.440. The second kappa shape index (κ2) is 9.25. The third-order valence-electron chi connectivity index (χ3n) is 6.16. The third kappa shape index (κ3) is 5.43. The van der Waals surface area contributed by atoms with Crippen LogP contribution >= 0.6 is 0 Å². The van der Waals surface area contributed by atoms with Gasteiger partial charge in [0.2, 0.25) is 5.91 Å². The van der Waals surface area contributed by atoms with Gasteiger partial charge in [-0.15, -0.1) is 0 Å². The predicted molar refractivity (Wildman–Crippen MR) is 116 cm³/mol. The molecule has 0 aromatic heterocycles. The van der Waals surface area contributed by atoms with Gasteiger partial charge in [0.25, 0.3) is 5.92 Å². The fourth-order valence-corrected chi connectivity index (χ4v) is 3.88. The number of benzene rings is 2. The molecule has 2 aromatic carbocycles. The molecule has 1 amide bonds. The molecule has 2 unspecified atom stereocenters. The van der Waals surface area contributed by atoms with Gasteiger partial charge in [-0.2, -0.15) is 5.26 Å². The van der Waals surface area contributed by atoms with Crippen LogP contribution in [0.15, 0.2) is 42.5 Å². The molecule has 1 aliphatic carbocycles. The van der Waals surface area contributed by atoms with E-state index in [2.05, 4.69) is 22.3 Å². The number of hydrogen-bond acceptors (Lipinski definition) is 4. The van der Waals surface area contributed by atoms with Crippen molar-refractivity contribution in [1.29, 1.82) is 5.26 Å². The Hall–Kier alpha value is -2.98. The number of nitrogens with one attached hydrogen (secondary N) is 1. The Morgan fingerprint density at radius 1 is 1.25 bits per heavy atom. The van der Waals surface area contributed by atoms with E-state index in [9.17, 15) is 13.6 Å². The highest BCUT2D eigenvalue weighted by Crippen LogP contribution is 2.48. The van der Waals surface area contributed by atoms with Gasteiger partial charge in [0.1, 0.15) is 11.7 Å². The molecule has 2 atom stereocenters. The van der Waals surface area contributed by atoms with Crippen LogP contribution in [0.4, 0.5) is 8.78 Å². The molecule has 2 aliphatic rings. The van der Waals surface area contributed by atoms with Crippen LogP contribution in [-0.4, -0.2) is 29.9 Å². The number of carbonyl (C=O) groups excluding carboxylic acids is 1. The molecule has 5 nitrogen and oxygen atoms in total. The zero-order chi connectivity index (χ0) is 22.7. The van der Waals surface area contributed by atoms with Crippen LogP contribution in [-0.2, 0) is 30.8 Å². The van der Waals surface area contributed by atoms with Crippen molar-refractivity contribution in [2.75, 3.05) is 13.2 Å². The largest absolute Gasteiger partial charge is 0.493 e. The number of hydrogen-bond donors (Lipinski definition) is 1. The van der Waals surface area contributed by atoms with E-state index in [0.29, 0.717) is 12.3 Å². The van der Waals surface area contributed by atoms with Gasteiger partial charge in [0.05, 0.1) is 18.6 Å². The van der Waals surface area contributed by atoms with Gasteiger partial charge in [-0.25, -0.2) is 8.78 Å². The smallest absolute Gasteiger partial charge is 0.255 e. The Balaban J connectivity index is 1.27. The van der Waals surface area contributed by atoms with Crippen LogP contribution in [0.25, 0.3) is 0 Å². The summed E-state index contributed by atoms with van der Waals surface area (Å²) in [5.41, 5.74) is 4.65. The highest BCUT2D eigenvalue weighted by molar-refractivity contribution is 5.80. The lowest BCUT2D eigenvalue weighted by molar-refractivity contribution is -0.123. The minimum atomic E-state index is -2.54. The van der Waals surface area contributed by atoms with Gasteiger partial charge in [0.15, 0.2) is 0 Å². The van der Waals surface area contributed by atoms with E-state index in [1.54, 1.807) is 6.92 Å². The van der Waals surface area contributed by atoms with Gasteiger partial charge >= 0.3 is 0 Å². The van der Waals surface area contributed by atoms with E-state index in [4.69, 9.17) is 10.00 Å². The molecule has 7 heteroatoms. The van der Waals surface area contributed by atoms with E-state index >= 15 is 0 Å². The Kier molecular flexibility index (Phi) is 6.43. The lowest BCUT2D eigenvalue weighted by atomic mass is 9.99. The lowest BCUT2D eigenvalue weighted by Crippen LogP contribution is -2.30. The maximum absolute atomic E-state index is 13.0. The highest BCUT2D eigenvalue weighted by atomic mass is 19.3. The first-order valence-corrected chi connectivity index (χ1v) is 10.9. The van der Waals surface area contributed by atoms with E-state index in [0.717, 1.165) is 31.6 Å². The van der Waals surface area contributed by atoms with Crippen LogP contribution in [0.3, 0.4) is 0 Å². The number of nitrogens with zero attached hydrogens (tertiary/aromatic N) is 2. The maximum Gasteiger partial charge on any atom is 0.255 e. The molecule has 168 valence electrons. The Morgan fingerprint density at radius 3 is 2.66 bits per heavy atom. The molecule has 1 heterocycles. The van der Waals surface area contributed by atoms with E-state index in [1.807, 2.05) is 36.4 Å². The minimum Gasteiger partial charge on any atom is -0.493 e. The third-order valence-corrected chi connectivity index (χ3v) is 6.16. The summed E-state index contributed by atoms with van der Waals surface area (Å²) in [6, 6.07) is 16.0. The predicted octanol–water partition coefficient (Wildman–Crippen LogP) is 4.05. The number of carbonyl (C=O) groups is 1. The molecule has 2 aromatic rings. The summed E-state index contributed by atoms with van der Waals surface area (Å²) in [4.78, 5) is 14.1. The molecule has 1 aliphatic heterocycles. The average Bonchev–Trinajstić information content (AvgIpc) is 3.42. The highest BCUT2D eigenvalue weighted by Gasteiger charge is 2.57. The van der Waals surface area contributed by atoms with Crippen LogP contribution in [0.2, 0.25) is 0 Å². The van der Waals surface area contributed by atoms with Gasteiger partial charge in [-0.05, 0) is 47.7 Å². The van der Waals surface area contributed by atoms with E-state index in [1.165, 1.54) is 16.7 Å². The zero-order valence-corrected chi connectivity index (χ0v) is 18.1. The molecule has 0 spiro atoms. The number of halogens is 2. The number of rotatable bonds is 8. The summed E-state index contributed by atoms with van der Waals surface area (Å²) in [7, 11) is 0. The van der Waals surface area contributed by atoms with Gasteiger partial charge in [0, 0.05) is 32.6 Å². The van der Waals surface area contributed by atoms with Gasteiger partial charge < -0.3 is 10.1 Å². The summed E-state index contributed by atoms with van der Waals surface area (Å²) in [6.45, 7) is 4.64. The summed E-state index contributed by atoms with van der Waals surface area (Å²) in [5, 5.41) is 11.6. The normalized spacial score (nSPS) is 20.0. The van der Waals surface area contributed by atoms with Crippen LogP contribution in [0, 0.1) is 23.2 Å². The maximum atomic E-state index is 13.0. The molecular formula is C25H27F2N3O2. The van der Waals surface area contributed by atoms with Crippen molar-refractivity contribution in [2.45, 2.75) is 45.3 Å². The van der Waals surface area contributed by atoms with E-state index in [-0.39, 0.29) is 18.9 Å².